The molecule has 0 amide bonds. The summed E-state index contributed by atoms with van der Waals surface area (Å²) in [6.07, 6.45) is 0. The van der Waals surface area contributed by atoms with Crippen LogP contribution in [0.1, 0.15) is 19.4 Å². The van der Waals surface area contributed by atoms with E-state index in [1.807, 2.05) is 6.07 Å². The van der Waals surface area contributed by atoms with Crippen molar-refractivity contribution in [1.82, 2.24) is 4.90 Å². The van der Waals surface area contributed by atoms with Gasteiger partial charge in [0.1, 0.15) is 6.61 Å². The van der Waals surface area contributed by atoms with Crippen LogP contribution in [0.25, 0.3) is 0 Å². The Bertz CT molecular complexity index is 446. The van der Waals surface area contributed by atoms with E-state index >= 15 is 0 Å². The van der Waals surface area contributed by atoms with Crippen LogP contribution >= 0.6 is 0 Å². The van der Waals surface area contributed by atoms with Crippen LogP contribution in [0, 0.1) is 16.0 Å². The summed E-state index contributed by atoms with van der Waals surface area (Å²) in [5.41, 5.74) is 0.973. The second-order valence-electron chi connectivity index (χ2n) is 5.00. The molecule has 0 unspecified atom stereocenters. The molecule has 5 nitrogen and oxygen atoms in total. The predicted octanol–water partition coefficient (Wildman–Crippen LogP) is 2.45. The number of para-hydroxylation sites is 1. The largest absolute Gasteiger partial charge is 0.485 e. The van der Waals surface area contributed by atoms with Crippen LogP contribution in [-0.2, 0) is 6.54 Å². The minimum absolute atomic E-state index is 0.0684. The molecule has 2 rings (SSSR count). The van der Waals surface area contributed by atoms with E-state index in [0.717, 1.165) is 25.2 Å². The molecule has 18 heavy (non-hydrogen) atoms. The Labute approximate surface area is 107 Å². The molecule has 1 heterocycles. The van der Waals surface area contributed by atoms with Crippen LogP contribution in [0.5, 0.6) is 5.75 Å². The van der Waals surface area contributed by atoms with Crippen LogP contribution in [0.15, 0.2) is 18.2 Å². The van der Waals surface area contributed by atoms with Crippen LogP contribution in [0.2, 0.25) is 0 Å². The van der Waals surface area contributed by atoms with E-state index in [1.165, 1.54) is 6.07 Å². The van der Waals surface area contributed by atoms with Crippen LogP contribution in [-0.4, -0.2) is 29.5 Å². The van der Waals surface area contributed by atoms with Gasteiger partial charge in [-0.2, -0.15) is 0 Å². The van der Waals surface area contributed by atoms with Crippen molar-refractivity contribution in [3.05, 3.63) is 33.9 Å². The van der Waals surface area contributed by atoms with E-state index in [9.17, 15) is 10.1 Å². The first-order valence-corrected chi connectivity index (χ1v) is 6.19. The molecule has 1 aromatic rings. The van der Waals surface area contributed by atoms with Gasteiger partial charge in [0.15, 0.2) is 0 Å². The van der Waals surface area contributed by atoms with E-state index in [4.69, 9.17) is 4.74 Å². The number of fused-ring (bicyclic) bond motifs is 1. The fourth-order valence-corrected chi connectivity index (χ4v) is 2.28. The number of rotatable bonds is 3. The van der Waals surface area contributed by atoms with Gasteiger partial charge in [0.25, 0.3) is 0 Å². The van der Waals surface area contributed by atoms with E-state index < -0.39 is 0 Å². The molecule has 1 aliphatic rings. The smallest absolute Gasteiger partial charge is 0.311 e. The summed E-state index contributed by atoms with van der Waals surface area (Å²) in [4.78, 5) is 12.9. The number of nitrogens with zero attached hydrogens (tertiary/aromatic N) is 2. The Morgan fingerprint density at radius 3 is 2.94 bits per heavy atom. The molecule has 0 fully saturated rings. The highest BCUT2D eigenvalue weighted by molar-refractivity contribution is 5.52. The maximum Gasteiger partial charge on any atom is 0.311 e. The van der Waals surface area contributed by atoms with Crippen molar-refractivity contribution in [2.45, 2.75) is 20.4 Å². The number of nitro benzene ring substituents is 1. The van der Waals surface area contributed by atoms with Gasteiger partial charge in [-0.15, -0.1) is 0 Å². The maximum absolute atomic E-state index is 11.0. The first-order valence-electron chi connectivity index (χ1n) is 6.19. The molecular formula is C13H18N2O3. The van der Waals surface area contributed by atoms with Crippen molar-refractivity contribution in [1.29, 1.82) is 0 Å². The average molecular weight is 250 g/mol. The lowest BCUT2D eigenvalue weighted by molar-refractivity contribution is -0.385. The molecule has 0 atom stereocenters. The molecule has 98 valence electrons. The van der Waals surface area contributed by atoms with Crippen molar-refractivity contribution < 1.29 is 9.66 Å². The fourth-order valence-electron chi connectivity index (χ4n) is 2.28. The highest BCUT2D eigenvalue weighted by atomic mass is 16.6. The Hall–Kier alpha value is -1.62. The summed E-state index contributed by atoms with van der Waals surface area (Å²) in [6.45, 7) is 7.34. The van der Waals surface area contributed by atoms with Gasteiger partial charge in [0, 0.05) is 31.3 Å². The van der Waals surface area contributed by atoms with E-state index in [0.29, 0.717) is 18.3 Å². The predicted molar refractivity (Wildman–Crippen MR) is 68.7 cm³/mol. The lowest BCUT2D eigenvalue weighted by atomic mass is 10.1. The summed E-state index contributed by atoms with van der Waals surface area (Å²) in [5, 5.41) is 11.0. The second kappa shape index (κ2) is 5.35. The van der Waals surface area contributed by atoms with Gasteiger partial charge in [-0.1, -0.05) is 26.0 Å². The summed E-state index contributed by atoms with van der Waals surface area (Å²) in [7, 11) is 0. The molecule has 0 bridgehead atoms. The number of nitro groups is 1. The molecule has 0 N–H and O–H groups in total. The zero-order chi connectivity index (χ0) is 13.1. The summed E-state index contributed by atoms with van der Waals surface area (Å²) < 4.78 is 5.57. The number of hydrogen-bond acceptors (Lipinski definition) is 4. The SMILES string of the molecule is CC(C)CN1CCOc2c(cccc2[N+](=O)[O-])C1. The van der Waals surface area contributed by atoms with Crippen LogP contribution in [0.3, 0.4) is 0 Å². The fraction of sp³-hybridized carbons (Fsp3) is 0.538. The third-order valence-corrected chi connectivity index (χ3v) is 2.94. The first-order chi connectivity index (χ1) is 8.58. The molecule has 0 aliphatic carbocycles. The van der Waals surface area contributed by atoms with Crippen molar-refractivity contribution >= 4 is 5.69 Å². The molecule has 0 radical (unpaired) electrons. The maximum atomic E-state index is 11.0. The van der Waals surface area contributed by atoms with Gasteiger partial charge in [0.05, 0.1) is 4.92 Å². The highest BCUT2D eigenvalue weighted by Gasteiger charge is 2.23. The quantitative estimate of drug-likeness (QED) is 0.610. The van der Waals surface area contributed by atoms with Crippen LogP contribution in [0.4, 0.5) is 5.69 Å². The van der Waals surface area contributed by atoms with Gasteiger partial charge in [-0.05, 0) is 5.92 Å². The molecular weight excluding hydrogens is 232 g/mol. The van der Waals surface area contributed by atoms with E-state index in [2.05, 4.69) is 18.7 Å². The summed E-state index contributed by atoms with van der Waals surface area (Å²) in [5.74, 6) is 1.01. The molecule has 1 aliphatic heterocycles. The topological polar surface area (TPSA) is 55.6 Å². The third kappa shape index (κ3) is 2.79. The van der Waals surface area contributed by atoms with Gasteiger partial charge >= 0.3 is 5.69 Å². The third-order valence-electron chi connectivity index (χ3n) is 2.94. The molecule has 0 aromatic heterocycles. The Balaban J connectivity index is 2.27. The Morgan fingerprint density at radius 1 is 1.50 bits per heavy atom. The lowest BCUT2D eigenvalue weighted by Gasteiger charge is -2.21. The van der Waals surface area contributed by atoms with Gasteiger partial charge in [-0.3, -0.25) is 15.0 Å². The minimum Gasteiger partial charge on any atom is -0.485 e. The van der Waals surface area contributed by atoms with E-state index in [1.54, 1.807) is 6.07 Å². The van der Waals surface area contributed by atoms with E-state index in [-0.39, 0.29) is 10.6 Å². The molecule has 0 saturated carbocycles. The first kappa shape index (κ1) is 12.8. The number of hydrogen-bond donors (Lipinski definition) is 0. The van der Waals surface area contributed by atoms with Gasteiger partial charge in [-0.25, -0.2) is 0 Å². The zero-order valence-electron chi connectivity index (χ0n) is 10.8. The van der Waals surface area contributed by atoms with Crippen molar-refractivity contribution in [3.8, 4) is 5.75 Å². The standard InChI is InChI=1S/C13H18N2O3/c1-10(2)8-14-6-7-18-13-11(9-14)4-3-5-12(13)15(16)17/h3-5,10H,6-9H2,1-2H3. The number of ether oxygens (including phenoxy) is 1. The molecule has 0 spiro atoms. The minimum atomic E-state index is -0.378. The highest BCUT2D eigenvalue weighted by Crippen LogP contribution is 2.33. The van der Waals surface area contributed by atoms with Crippen molar-refractivity contribution in [2.75, 3.05) is 19.7 Å². The number of benzene rings is 1. The second-order valence-corrected chi connectivity index (χ2v) is 5.00. The molecule has 1 aromatic carbocycles. The van der Waals surface area contributed by atoms with Crippen molar-refractivity contribution in [2.24, 2.45) is 5.92 Å². The summed E-state index contributed by atoms with van der Waals surface area (Å²) >= 11 is 0. The Morgan fingerprint density at radius 2 is 2.28 bits per heavy atom. The zero-order valence-corrected chi connectivity index (χ0v) is 10.8. The summed E-state index contributed by atoms with van der Waals surface area (Å²) in [6, 6.07) is 5.12. The molecule has 5 heteroatoms. The van der Waals surface area contributed by atoms with Gasteiger partial charge < -0.3 is 4.74 Å². The lowest BCUT2D eigenvalue weighted by Crippen LogP contribution is -2.29. The monoisotopic (exact) mass is 250 g/mol. The Kier molecular flexibility index (Phi) is 3.81. The average Bonchev–Trinajstić information content (AvgIpc) is 2.48. The van der Waals surface area contributed by atoms with Crippen LogP contribution < -0.4 is 4.74 Å². The normalized spacial score (nSPS) is 15.9. The van der Waals surface area contributed by atoms with Crippen molar-refractivity contribution in [3.63, 3.8) is 0 Å². The molecule has 0 saturated heterocycles. The van der Waals surface area contributed by atoms with Gasteiger partial charge in [0.2, 0.25) is 5.75 Å².